The van der Waals surface area contributed by atoms with E-state index in [1.54, 1.807) is 24.3 Å². The number of piperazine rings is 1. The summed E-state index contributed by atoms with van der Waals surface area (Å²) in [6, 6.07) is 15.9. The molecule has 2 heterocycles. The Labute approximate surface area is 194 Å². The van der Waals surface area contributed by atoms with Crippen molar-refractivity contribution in [2.45, 2.75) is 32.9 Å². The average Bonchev–Trinajstić information content (AvgIpc) is 3.26. The summed E-state index contributed by atoms with van der Waals surface area (Å²) in [5.74, 6) is 0.825. The second kappa shape index (κ2) is 10.3. The summed E-state index contributed by atoms with van der Waals surface area (Å²) in [6.07, 6.45) is 1.41. The largest absolute Gasteiger partial charge is 0.447 e. The van der Waals surface area contributed by atoms with Crippen LogP contribution in [0.4, 0.5) is 5.69 Å². The first-order valence-corrected chi connectivity index (χ1v) is 11.4. The Hall–Kier alpha value is -2.67. The van der Waals surface area contributed by atoms with Gasteiger partial charge in [-0.2, -0.15) is 0 Å². The van der Waals surface area contributed by atoms with E-state index in [0.717, 1.165) is 32.7 Å². The van der Waals surface area contributed by atoms with Crippen LogP contribution in [0.2, 0.25) is 5.02 Å². The number of oxazole rings is 1. The fourth-order valence-corrected chi connectivity index (χ4v) is 3.91. The predicted octanol–water partition coefficient (Wildman–Crippen LogP) is 5.02. The van der Waals surface area contributed by atoms with Crippen molar-refractivity contribution in [3.63, 3.8) is 0 Å². The lowest BCUT2D eigenvalue weighted by molar-refractivity contribution is 0.102. The van der Waals surface area contributed by atoms with Gasteiger partial charge < -0.3 is 9.73 Å². The maximum atomic E-state index is 12.4. The van der Waals surface area contributed by atoms with Gasteiger partial charge >= 0.3 is 0 Å². The number of halogens is 1. The average molecular weight is 453 g/mol. The van der Waals surface area contributed by atoms with E-state index in [-0.39, 0.29) is 11.6 Å². The minimum absolute atomic E-state index is 0.276. The summed E-state index contributed by atoms with van der Waals surface area (Å²) in [5, 5.41) is 3.42. The van der Waals surface area contributed by atoms with Gasteiger partial charge in [0.25, 0.3) is 5.91 Å². The highest BCUT2D eigenvalue weighted by Gasteiger charge is 2.20. The summed E-state index contributed by atoms with van der Waals surface area (Å²) >= 11 is 5.88. The van der Waals surface area contributed by atoms with E-state index in [4.69, 9.17) is 16.0 Å². The molecule has 0 aliphatic carbocycles. The van der Waals surface area contributed by atoms with Crippen LogP contribution >= 0.6 is 11.6 Å². The summed E-state index contributed by atoms with van der Waals surface area (Å²) in [5.41, 5.74) is 3.68. The molecule has 4 rings (SSSR count). The molecule has 1 amide bonds. The third-order valence-electron chi connectivity index (χ3n) is 5.76. The van der Waals surface area contributed by atoms with Crippen LogP contribution in [0.1, 0.15) is 47.3 Å². The molecule has 0 bridgehead atoms. The third kappa shape index (κ3) is 5.97. The van der Waals surface area contributed by atoms with Gasteiger partial charge in [-0.15, -0.1) is 0 Å². The van der Waals surface area contributed by atoms with Gasteiger partial charge in [-0.3, -0.25) is 14.6 Å². The van der Waals surface area contributed by atoms with E-state index in [0.29, 0.717) is 29.1 Å². The van der Waals surface area contributed by atoms with Crippen molar-refractivity contribution in [1.82, 2.24) is 14.8 Å². The smallest absolute Gasteiger partial charge is 0.277 e. The minimum Gasteiger partial charge on any atom is -0.447 e. The SMILES string of the molecule is CC(C)c1ccc(CN2CCN(Cc3nc(C(=O)Nc4ccc(Cl)cc4)co3)CC2)cc1. The number of carbonyl (C=O) groups excluding carboxylic acids is 1. The summed E-state index contributed by atoms with van der Waals surface area (Å²) in [4.78, 5) is 21.5. The lowest BCUT2D eigenvalue weighted by Crippen LogP contribution is -2.45. The quantitative estimate of drug-likeness (QED) is 0.545. The number of benzene rings is 2. The van der Waals surface area contributed by atoms with Crippen molar-refractivity contribution in [2.24, 2.45) is 0 Å². The Morgan fingerprint density at radius 1 is 1.00 bits per heavy atom. The highest BCUT2D eigenvalue weighted by Crippen LogP contribution is 2.17. The molecule has 0 atom stereocenters. The minimum atomic E-state index is -0.296. The van der Waals surface area contributed by atoms with Crippen LogP contribution in [0.3, 0.4) is 0 Å². The first-order valence-electron chi connectivity index (χ1n) is 11.0. The summed E-state index contributed by atoms with van der Waals surface area (Å²) in [7, 11) is 0. The number of nitrogens with one attached hydrogen (secondary N) is 1. The van der Waals surface area contributed by atoms with Crippen LogP contribution in [-0.4, -0.2) is 46.9 Å². The standard InChI is InChI=1S/C25H29ClN4O2/c1-18(2)20-5-3-19(4-6-20)15-29-11-13-30(14-12-29)16-24-28-23(17-32-24)25(31)27-22-9-7-21(26)8-10-22/h3-10,17-18H,11-16H2,1-2H3,(H,27,31). The number of amides is 1. The number of carbonyl (C=O) groups is 1. The monoisotopic (exact) mass is 452 g/mol. The molecule has 1 aliphatic rings. The molecular weight excluding hydrogens is 424 g/mol. The first kappa shape index (κ1) is 22.5. The molecule has 168 valence electrons. The molecule has 1 aliphatic heterocycles. The molecule has 0 unspecified atom stereocenters. The van der Waals surface area contributed by atoms with Crippen molar-refractivity contribution >= 4 is 23.2 Å². The Kier molecular flexibility index (Phi) is 7.25. The molecule has 32 heavy (non-hydrogen) atoms. The van der Waals surface area contributed by atoms with E-state index in [1.165, 1.54) is 17.4 Å². The van der Waals surface area contributed by atoms with E-state index in [1.807, 2.05) is 0 Å². The van der Waals surface area contributed by atoms with E-state index >= 15 is 0 Å². The molecule has 2 aromatic carbocycles. The van der Waals surface area contributed by atoms with E-state index < -0.39 is 0 Å². The predicted molar refractivity (Wildman–Crippen MR) is 127 cm³/mol. The van der Waals surface area contributed by atoms with E-state index in [9.17, 15) is 4.79 Å². The van der Waals surface area contributed by atoms with Gasteiger partial charge in [0, 0.05) is 43.4 Å². The molecule has 1 aromatic heterocycles. The Bertz CT molecular complexity index is 1020. The Morgan fingerprint density at radius 3 is 2.25 bits per heavy atom. The van der Waals surface area contributed by atoms with Crippen molar-refractivity contribution < 1.29 is 9.21 Å². The molecule has 0 radical (unpaired) electrons. The molecule has 6 nitrogen and oxygen atoms in total. The molecule has 0 saturated carbocycles. The van der Waals surface area contributed by atoms with Crippen LogP contribution in [0.15, 0.2) is 59.2 Å². The number of hydrogen-bond donors (Lipinski definition) is 1. The second-order valence-corrected chi connectivity index (χ2v) is 8.97. The first-order chi connectivity index (χ1) is 15.5. The van der Waals surface area contributed by atoms with Gasteiger partial charge in [-0.05, 0) is 41.3 Å². The summed E-state index contributed by atoms with van der Waals surface area (Å²) in [6.45, 7) is 9.89. The van der Waals surface area contributed by atoms with Gasteiger partial charge in [-0.25, -0.2) is 4.98 Å². The molecule has 3 aromatic rings. The van der Waals surface area contributed by atoms with Crippen molar-refractivity contribution in [1.29, 1.82) is 0 Å². The second-order valence-electron chi connectivity index (χ2n) is 8.54. The van der Waals surface area contributed by atoms with Gasteiger partial charge in [0.2, 0.25) is 5.89 Å². The zero-order chi connectivity index (χ0) is 22.5. The Balaban J connectivity index is 1.24. The van der Waals surface area contributed by atoms with E-state index in [2.05, 4.69) is 58.2 Å². The maximum Gasteiger partial charge on any atom is 0.277 e. The number of nitrogens with zero attached hydrogens (tertiary/aromatic N) is 3. The van der Waals surface area contributed by atoms with Gasteiger partial charge in [0.1, 0.15) is 6.26 Å². The Morgan fingerprint density at radius 2 is 1.62 bits per heavy atom. The van der Waals surface area contributed by atoms with Gasteiger partial charge in [0.05, 0.1) is 6.54 Å². The molecule has 1 N–H and O–H groups in total. The topological polar surface area (TPSA) is 61.6 Å². The highest BCUT2D eigenvalue weighted by atomic mass is 35.5. The molecule has 1 saturated heterocycles. The zero-order valence-electron chi connectivity index (χ0n) is 18.6. The summed E-state index contributed by atoms with van der Waals surface area (Å²) < 4.78 is 5.55. The number of hydrogen-bond acceptors (Lipinski definition) is 5. The van der Waals surface area contributed by atoms with Crippen LogP contribution in [0, 0.1) is 0 Å². The molecular formula is C25H29ClN4O2. The molecule has 0 spiro atoms. The van der Waals surface area contributed by atoms with Crippen LogP contribution < -0.4 is 5.32 Å². The van der Waals surface area contributed by atoms with Crippen molar-refractivity contribution in [2.75, 3.05) is 31.5 Å². The molecule has 7 heteroatoms. The fourth-order valence-electron chi connectivity index (χ4n) is 3.78. The highest BCUT2D eigenvalue weighted by molar-refractivity contribution is 6.30. The molecule has 1 fully saturated rings. The van der Waals surface area contributed by atoms with Gasteiger partial charge in [0.15, 0.2) is 5.69 Å². The lowest BCUT2D eigenvalue weighted by Gasteiger charge is -2.34. The number of aromatic nitrogens is 1. The number of rotatable bonds is 7. The van der Waals surface area contributed by atoms with Gasteiger partial charge in [-0.1, -0.05) is 49.7 Å². The van der Waals surface area contributed by atoms with Crippen LogP contribution in [0.5, 0.6) is 0 Å². The van der Waals surface area contributed by atoms with Crippen molar-refractivity contribution in [3.05, 3.63) is 82.5 Å². The fraction of sp³-hybridized carbons (Fsp3) is 0.360. The van der Waals surface area contributed by atoms with Crippen LogP contribution in [0.25, 0.3) is 0 Å². The normalized spacial score (nSPS) is 15.2. The zero-order valence-corrected chi connectivity index (χ0v) is 19.3. The maximum absolute atomic E-state index is 12.4. The number of anilines is 1. The lowest BCUT2D eigenvalue weighted by atomic mass is 10.0. The third-order valence-corrected chi connectivity index (χ3v) is 6.01. The van der Waals surface area contributed by atoms with Crippen LogP contribution in [-0.2, 0) is 13.1 Å². The van der Waals surface area contributed by atoms with Crippen molar-refractivity contribution in [3.8, 4) is 0 Å².